The number of nitrogens with two attached hydrogens (primary N) is 1. The molecule has 4 rings (SSSR count). The molecule has 2 N–H and O–H groups in total. The Balaban J connectivity index is 2.01. The number of fused-ring (bicyclic) bond motifs is 1. The fraction of sp³-hybridized carbons (Fsp3) is 0.200. The van der Waals surface area contributed by atoms with Crippen LogP contribution in [0, 0.1) is 6.92 Å². The van der Waals surface area contributed by atoms with Gasteiger partial charge in [-0.3, -0.25) is 0 Å². The molecule has 0 radical (unpaired) electrons. The fourth-order valence-electron chi connectivity index (χ4n) is 3.26. The molecule has 0 aliphatic heterocycles. The number of carbonyl (C=O) groups is 1. The standard InChI is InChI=1S/C20H16ClF3N6O2/c1-3-32-19(31)13-9-26-29(17(13)25)14-8-10(2)27-18-15(11-4-6-12(21)7-5-11)16(20(22,23)24)28-30(14)18/h4-9H,3,25H2,1-2H3. The third kappa shape index (κ3) is 3.64. The van der Waals surface area contributed by atoms with Crippen LogP contribution in [0.2, 0.25) is 5.02 Å². The molecule has 1 aromatic carbocycles. The van der Waals surface area contributed by atoms with Gasteiger partial charge in [0.25, 0.3) is 0 Å². The summed E-state index contributed by atoms with van der Waals surface area (Å²) in [6, 6.07) is 7.34. The van der Waals surface area contributed by atoms with Gasteiger partial charge in [-0.25, -0.2) is 9.78 Å². The zero-order chi connectivity index (χ0) is 23.2. The number of aromatic nitrogens is 5. The van der Waals surface area contributed by atoms with Crippen LogP contribution >= 0.6 is 11.6 Å². The van der Waals surface area contributed by atoms with Crippen LogP contribution in [-0.4, -0.2) is 37.0 Å². The van der Waals surface area contributed by atoms with Crippen molar-refractivity contribution in [3.05, 3.63) is 58.5 Å². The summed E-state index contributed by atoms with van der Waals surface area (Å²) >= 11 is 5.90. The van der Waals surface area contributed by atoms with Crippen molar-refractivity contribution in [1.29, 1.82) is 0 Å². The first-order valence-electron chi connectivity index (χ1n) is 9.36. The predicted molar refractivity (Wildman–Crippen MR) is 111 cm³/mol. The second kappa shape index (κ2) is 7.83. The lowest BCUT2D eigenvalue weighted by molar-refractivity contribution is -0.140. The van der Waals surface area contributed by atoms with Crippen molar-refractivity contribution in [2.75, 3.05) is 12.3 Å². The third-order valence-corrected chi connectivity index (χ3v) is 4.87. The van der Waals surface area contributed by atoms with Crippen molar-refractivity contribution in [3.8, 4) is 16.9 Å². The molecule has 0 unspecified atom stereocenters. The Kier molecular flexibility index (Phi) is 5.29. The minimum Gasteiger partial charge on any atom is -0.462 e. The summed E-state index contributed by atoms with van der Waals surface area (Å²) in [7, 11) is 0. The number of nitrogen functional groups attached to an aromatic ring is 1. The lowest BCUT2D eigenvalue weighted by Crippen LogP contribution is -2.13. The highest BCUT2D eigenvalue weighted by molar-refractivity contribution is 6.30. The van der Waals surface area contributed by atoms with Gasteiger partial charge >= 0.3 is 12.1 Å². The summed E-state index contributed by atoms with van der Waals surface area (Å²) in [6.45, 7) is 3.37. The van der Waals surface area contributed by atoms with E-state index in [0.717, 1.165) is 9.20 Å². The van der Waals surface area contributed by atoms with Crippen molar-refractivity contribution >= 4 is 29.0 Å². The van der Waals surface area contributed by atoms with Crippen LogP contribution in [0.15, 0.2) is 36.5 Å². The van der Waals surface area contributed by atoms with E-state index in [1.165, 1.54) is 36.5 Å². The second-order valence-corrected chi connectivity index (χ2v) is 7.23. The third-order valence-electron chi connectivity index (χ3n) is 4.62. The number of alkyl halides is 3. The zero-order valence-electron chi connectivity index (χ0n) is 16.8. The summed E-state index contributed by atoms with van der Waals surface area (Å²) in [5.41, 5.74) is 5.28. The molecule has 0 amide bonds. The van der Waals surface area contributed by atoms with E-state index in [4.69, 9.17) is 22.1 Å². The summed E-state index contributed by atoms with van der Waals surface area (Å²) in [5, 5.41) is 8.24. The van der Waals surface area contributed by atoms with Gasteiger partial charge < -0.3 is 10.5 Å². The quantitative estimate of drug-likeness (QED) is 0.451. The number of nitrogens with zero attached hydrogens (tertiary/aromatic N) is 5. The van der Waals surface area contributed by atoms with E-state index in [1.54, 1.807) is 13.8 Å². The highest BCUT2D eigenvalue weighted by Gasteiger charge is 2.39. The largest absolute Gasteiger partial charge is 0.462 e. The molecule has 0 saturated carbocycles. The molecule has 0 saturated heterocycles. The molecule has 0 aliphatic rings. The first kappa shape index (κ1) is 21.6. The van der Waals surface area contributed by atoms with E-state index in [1.807, 2.05) is 0 Å². The lowest BCUT2D eigenvalue weighted by atomic mass is 10.1. The molecule has 4 aromatic rings. The minimum absolute atomic E-state index is 0.0180. The van der Waals surface area contributed by atoms with Crippen LogP contribution in [0.4, 0.5) is 19.0 Å². The van der Waals surface area contributed by atoms with Crippen LogP contribution in [0.3, 0.4) is 0 Å². The molecule has 8 nitrogen and oxygen atoms in total. The number of esters is 1. The molecule has 12 heteroatoms. The monoisotopic (exact) mass is 464 g/mol. The van der Waals surface area contributed by atoms with Crippen molar-refractivity contribution in [3.63, 3.8) is 0 Å². The number of anilines is 1. The molecule has 166 valence electrons. The molecule has 3 aromatic heterocycles. The number of hydrogen-bond acceptors (Lipinski definition) is 6. The lowest BCUT2D eigenvalue weighted by Gasteiger charge is -2.09. The SMILES string of the molecule is CCOC(=O)c1cnn(-c2cc(C)nc3c(-c4ccc(Cl)cc4)c(C(F)(F)F)nn23)c1N. The van der Waals surface area contributed by atoms with Crippen molar-refractivity contribution in [2.24, 2.45) is 0 Å². The first-order valence-corrected chi connectivity index (χ1v) is 9.74. The van der Waals surface area contributed by atoms with Crippen LogP contribution < -0.4 is 5.73 Å². The van der Waals surface area contributed by atoms with Gasteiger partial charge in [-0.15, -0.1) is 0 Å². The number of benzene rings is 1. The highest BCUT2D eigenvalue weighted by Crippen LogP contribution is 2.39. The number of rotatable bonds is 4. The number of aryl methyl sites for hydroxylation is 1. The maximum Gasteiger partial charge on any atom is 0.435 e. The van der Waals surface area contributed by atoms with Gasteiger partial charge in [0.2, 0.25) is 0 Å². The summed E-state index contributed by atoms with van der Waals surface area (Å²) < 4.78 is 48.8. The Bertz CT molecular complexity index is 1330. The van der Waals surface area contributed by atoms with E-state index in [0.29, 0.717) is 10.7 Å². The Morgan fingerprint density at radius 2 is 1.94 bits per heavy atom. The van der Waals surface area contributed by atoms with Crippen LogP contribution in [-0.2, 0) is 10.9 Å². The average molecular weight is 465 g/mol. The Morgan fingerprint density at radius 3 is 2.56 bits per heavy atom. The molecule has 32 heavy (non-hydrogen) atoms. The number of ether oxygens (including phenoxy) is 1. The average Bonchev–Trinajstić information content (AvgIpc) is 3.29. The fourth-order valence-corrected chi connectivity index (χ4v) is 3.38. The van der Waals surface area contributed by atoms with Crippen LogP contribution in [0.25, 0.3) is 22.6 Å². The van der Waals surface area contributed by atoms with Gasteiger partial charge in [-0.2, -0.15) is 32.6 Å². The highest BCUT2D eigenvalue weighted by atomic mass is 35.5. The molecule has 0 bridgehead atoms. The molecular formula is C20H16ClF3N6O2. The van der Waals surface area contributed by atoms with Crippen molar-refractivity contribution in [2.45, 2.75) is 20.0 Å². The van der Waals surface area contributed by atoms with Crippen molar-refractivity contribution < 1.29 is 22.7 Å². The van der Waals surface area contributed by atoms with Gasteiger partial charge in [-0.05, 0) is 31.5 Å². The molecule has 3 heterocycles. The van der Waals surface area contributed by atoms with Crippen LogP contribution in [0.5, 0.6) is 0 Å². The Morgan fingerprint density at radius 1 is 1.25 bits per heavy atom. The Labute approximate surface area is 184 Å². The summed E-state index contributed by atoms with van der Waals surface area (Å²) in [4.78, 5) is 16.4. The molecular weight excluding hydrogens is 449 g/mol. The van der Waals surface area contributed by atoms with Crippen molar-refractivity contribution in [1.82, 2.24) is 24.4 Å². The van der Waals surface area contributed by atoms with Gasteiger partial charge in [-0.1, -0.05) is 23.7 Å². The maximum atomic E-state index is 13.9. The Hall–Kier alpha value is -3.60. The van der Waals surface area contributed by atoms with E-state index in [9.17, 15) is 18.0 Å². The normalized spacial score (nSPS) is 11.8. The molecule has 0 fully saturated rings. The molecule has 0 atom stereocenters. The van der Waals surface area contributed by atoms with Gasteiger partial charge in [0.15, 0.2) is 17.2 Å². The van der Waals surface area contributed by atoms with Gasteiger partial charge in [0, 0.05) is 16.8 Å². The number of carbonyl (C=O) groups excluding carboxylic acids is 1. The molecule has 0 aliphatic carbocycles. The topological polar surface area (TPSA) is 100 Å². The number of halogens is 4. The minimum atomic E-state index is -4.76. The van der Waals surface area contributed by atoms with E-state index >= 15 is 0 Å². The van der Waals surface area contributed by atoms with Crippen LogP contribution in [0.1, 0.15) is 28.7 Å². The number of hydrogen-bond donors (Lipinski definition) is 1. The summed E-state index contributed by atoms with van der Waals surface area (Å²) in [5.74, 6) is -0.727. The smallest absolute Gasteiger partial charge is 0.435 e. The zero-order valence-corrected chi connectivity index (χ0v) is 17.6. The second-order valence-electron chi connectivity index (χ2n) is 6.80. The molecule has 0 spiro atoms. The van der Waals surface area contributed by atoms with Gasteiger partial charge in [0.1, 0.15) is 11.4 Å². The van der Waals surface area contributed by atoms with E-state index in [2.05, 4.69) is 15.2 Å². The predicted octanol–water partition coefficient (Wildman–Crippen LogP) is 4.32. The summed E-state index contributed by atoms with van der Waals surface area (Å²) in [6.07, 6.45) is -3.58. The van der Waals surface area contributed by atoms with E-state index in [-0.39, 0.29) is 40.6 Å². The first-order chi connectivity index (χ1) is 15.1. The van der Waals surface area contributed by atoms with Gasteiger partial charge in [0.05, 0.1) is 18.4 Å². The maximum absolute atomic E-state index is 13.9. The van der Waals surface area contributed by atoms with E-state index < -0.39 is 17.8 Å².